The van der Waals surface area contributed by atoms with Crippen molar-refractivity contribution in [3.8, 4) is 0 Å². The van der Waals surface area contributed by atoms with Crippen molar-refractivity contribution in [1.29, 1.82) is 0 Å². The molecule has 1 fully saturated rings. The van der Waals surface area contributed by atoms with Crippen LogP contribution >= 0.6 is 0 Å². The predicted octanol–water partition coefficient (Wildman–Crippen LogP) is 2.40. The molecule has 0 spiro atoms. The fraction of sp³-hybridized carbons (Fsp3) is 0.412. The lowest BCUT2D eigenvalue weighted by Gasteiger charge is -2.37. The highest BCUT2D eigenvalue weighted by Crippen LogP contribution is 2.16. The van der Waals surface area contributed by atoms with E-state index >= 15 is 0 Å². The number of aromatic nitrogens is 1. The average molecular weight is 283 g/mol. The van der Waals surface area contributed by atoms with Gasteiger partial charge in [0.25, 0.3) is 5.91 Å². The van der Waals surface area contributed by atoms with Gasteiger partial charge in [-0.25, -0.2) is 0 Å². The van der Waals surface area contributed by atoms with E-state index in [1.54, 1.807) is 6.20 Å². The van der Waals surface area contributed by atoms with Gasteiger partial charge >= 0.3 is 0 Å². The zero-order valence-corrected chi connectivity index (χ0v) is 12.6. The van der Waals surface area contributed by atoms with Crippen LogP contribution in [0.1, 0.15) is 24.2 Å². The average Bonchev–Trinajstić information content (AvgIpc) is 2.54. The molecule has 2 heterocycles. The summed E-state index contributed by atoms with van der Waals surface area (Å²) in [6.07, 6.45) is 1.76. The van der Waals surface area contributed by atoms with E-state index in [1.807, 2.05) is 35.2 Å². The third kappa shape index (κ3) is 2.90. The van der Waals surface area contributed by atoms with Crippen molar-refractivity contribution in [2.24, 2.45) is 0 Å². The van der Waals surface area contributed by atoms with Gasteiger partial charge < -0.3 is 4.90 Å². The van der Waals surface area contributed by atoms with Gasteiger partial charge in [-0.05, 0) is 32.0 Å². The maximum Gasteiger partial charge on any atom is 0.254 e. The SMILES string of the molecule is CC(C)N1CCN(C(=O)c2ccc3cccnc3c2)CC1. The van der Waals surface area contributed by atoms with Gasteiger partial charge in [0.2, 0.25) is 0 Å². The van der Waals surface area contributed by atoms with Gasteiger partial charge in [0.05, 0.1) is 5.52 Å². The number of pyridine rings is 1. The van der Waals surface area contributed by atoms with Crippen LogP contribution in [0.4, 0.5) is 0 Å². The predicted molar refractivity (Wildman–Crippen MR) is 84.4 cm³/mol. The smallest absolute Gasteiger partial charge is 0.254 e. The van der Waals surface area contributed by atoms with Gasteiger partial charge in [-0.3, -0.25) is 14.7 Å². The molecular formula is C17H21N3O. The van der Waals surface area contributed by atoms with Crippen LogP contribution in [0.15, 0.2) is 36.5 Å². The molecule has 4 heteroatoms. The Morgan fingerprint density at radius 2 is 1.90 bits per heavy atom. The molecule has 1 saturated heterocycles. The largest absolute Gasteiger partial charge is 0.336 e. The molecule has 110 valence electrons. The summed E-state index contributed by atoms with van der Waals surface area (Å²) in [6, 6.07) is 10.2. The first-order valence-corrected chi connectivity index (χ1v) is 7.53. The molecule has 1 aliphatic rings. The van der Waals surface area contributed by atoms with Crippen LogP contribution in [0.5, 0.6) is 0 Å². The molecule has 0 atom stereocenters. The number of nitrogens with zero attached hydrogens (tertiary/aromatic N) is 3. The van der Waals surface area contributed by atoms with Crippen LogP contribution in [0.25, 0.3) is 10.9 Å². The highest BCUT2D eigenvalue weighted by molar-refractivity contribution is 5.97. The molecule has 1 aromatic carbocycles. The Morgan fingerprint density at radius 3 is 2.62 bits per heavy atom. The van der Waals surface area contributed by atoms with Gasteiger partial charge in [0, 0.05) is 49.4 Å². The van der Waals surface area contributed by atoms with E-state index in [4.69, 9.17) is 0 Å². The van der Waals surface area contributed by atoms with E-state index in [2.05, 4.69) is 23.7 Å². The van der Waals surface area contributed by atoms with Crippen LogP contribution in [0.3, 0.4) is 0 Å². The number of hydrogen-bond donors (Lipinski definition) is 0. The van der Waals surface area contributed by atoms with Crippen molar-refractivity contribution in [2.45, 2.75) is 19.9 Å². The van der Waals surface area contributed by atoms with E-state index in [0.717, 1.165) is 42.6 Å². The highest BCUT2D eigenvalue weighted by Gasteiger charge is 2.23. The second kappa shape index (κ2) is 5.82. The van der Waals surface area contributed by atoms with Gasteiger partial charge in [-0.15, -0.1) is 0 Å². The van der Waals surface area contributed by atoms with Crippen LogP contribution in [0, 0.1) is 0 Å². The summed E-state index contributed by atoms with van der Waals surface area (Å²) in [7, 11) is 0. The Hall–Kier alpha value is -1.94. The zero-order valence-electron chi connectivity index (χ0n) is 12.6. The Morgan fingerprint density at radius 1 is 1.14 bits per heavy atom. The van der Waals surface area contributed by atoms with Gasteiger partial charge in [0.15, 0.2) is 0 Å². The van der Waals surface area contributed by atoms with Gasteiger partial charge in [-0.2, -0.15) is 0 Å². The van der Waals surface area contributed by atoms with Gasteiger partial charge in [0.1, 0.15) is 0 Å². The van der Waals surface area contributed by atoms with Crippen molar-refractivity contribution < 1.29 is 4.79 Å². The first-order valence-electron chi connectivity index (χ1n) is 7.53. The van der Waals surface area contributed by atoms with Crippen LogP contribution in [-0.2, 0) is 0 Å². The molecule has 0 bridgehead atoms. The minimum atomic E-state index is 0.117. The summed E-state index contributed by atoms with van der Waals surface area (Å²) >= 11 is 0. The lowest BCUT2D eigenvalue weighted by atomic mass is 10.1. The molecule has 1 aromatic heterocycles. The third-order valence-electron chi connectivity index (χ3n) is 4.18. The Kier molecular flexibility index (Phi) is 3.88. The lowest BCUT2D eigenvalue weighted by molar-refractivity contribution is 0.0595. The molecule has 3 rings (SSSR count). The zero-order chi connectivity index (χ0) is 14.8. The van der Waals surface area contributed by atoms with Crippen molar-refractivity contribution in [2.75, 3.05) is 26.2 Å². The Balaban J connectivity index is 1.75. The summed E-state index contributed by atoms with van der Waals surface area (Å²) in [5, 5.41) is 1.07. The summed E-state index contributed by atoms with van der Waals surface area (Å²) in [5.41, 5.74) is 1.61. The van der Waals surface area contributed by atoms with E-state index in [9.17, 15) is 4.79 Å². The normalized spacial score (nSPS) is 16.6. The van der Waals surface area contributed by atoms with Crippen LogP contribution in [0.2, 0.25) is 0 Å². The second-order valence-electron chi connectivity index (χ2n) is 5.83. The molecule has 0 radical (unpaired) electrons. The molecule has 0 saturated carbocycles. The van der Waals surface area contributed by atoms with Crippen molar-refractivity contribution >= 4 is 16.8 Å². The number of carbonyl (C=O) groups excluding carboxylic acids is 1. The molecule has 21 heavy (non-hydrogen) atoms. The molecule has 0 N–H and O–H groups in total. The lowest BCUT2D eigenvalue weighted by Crippen LogP contribution is -2.50. The molecule has 1 aliphatic heterocycles. The minimum absolute atomic E-state index is 0.117. The topological polar surface area (TPSA) is 36.4 Å². The Bertz CT molecular complexity index is 645. The molecule has 4 nitrogen and oxygen atoms in total. The number of benzene rings is 1. The van der Waals surface area contributed by atoms with Crippen LogP contribution in [-0.4, -0.2) is 52.9 Å². The fourth-order valence-corrected chi connectivity index (χ4v) is 2.82. The summed E-state index contributed by atoms with van der Waals surface area (Å²) in [6.45, 7) is 7.91. The number of piperazine rings is 1. The monoisotopic (exact) mass is 283 g/mol. The van der Waals surface area contributed by atoms with E-state index in [-0.39, 0.29) is 5.91 Å². The van der Waals surface area contributed by atoms with Crippen molar-refractivity contribution in [3.05, 3.63) is 42.1 Å². The third-order valence-corrected chi connectivity index (χ3v) is 4.18. The number of hydrogen-bond acceptors (Lipinski definition) is 3. The highest BCUT2D eigenvalue weighted by atomic mass is 16.2. The Labute approximate surface area is 125 Å². The summed E-state index contributed by atoms with van der Waals surface area (Å²) in [4.78, 5) is 21.3. The van der Waals surface area contributed by atoms with E-state index in [1.165, 1.54) is 0 Å². The van der Waals surface area contributed by atoms with E-state index < -0.39 is 0 Å². The number of rotatable bonds is 2. The maximum absolute atomic E-state index is 12.6. The first-order chi connectivity index (χ1) is 10.1. The van der Waals surface area contributed by atoms with Crippen molar-refractivity contribution in [1.82, 2.24) is 14.8 Å². The molecule has 0 unspecified atom stereocenters. The number of fused-ring (bicyclic) bond motifs is 1. The number of carbonyl (C=O) groups is 1. The second-order valence-corrected chi connectivity index (χ2v) is 5.83. The van der Waals surface area contributed by atoms with Crippen molar-refractivity contribution in [3.63, 3.8) is 0 Å². The molecule has 0 aliphatic carbocycles. The van der Waals surface area contributed by atoms with E-state index in [0.29, 0.717) is 6.04 Å². The standard InChI is InChI=1S/C17H21N3O/c1-13(2)19-8-10-20(11-9-19)17(21)15-6-5-14-4-3-7-18-16(14)12-15/h3-7,12-13H,8-11H2,1-2H3. The van der Waals surface area contributed by atoms with Gasteiger partial charge in [-0.1, -0.05) is 12.1 Å². The quantitative estimate of drug-likeness (QED) is 0.849. The first kappa shape index (κ1) is 14.0. The van der Waals surface area contributed by atoms with Crippen LogP contribution < -0.4 is 0 Å². The summed E-state index contributed by atoms with van der Waals surface area (Å²) in [5.74, 6) is 0.117. The molecular weight excluding hydrogens is 262 g/mol. The maximum atomic E-state index is 12.6. The fourth-order valence-electron chi connectivity index (χ4n) is 2.82. The minimum Gasteiger partial charge on any atom is -0.336 e. The molecule has 1 amide bonds. The molecule has 2 aromatic rings. The number of amides is 1. The summed E-state index contributed by atoms with van der Waals surface area (Å²) < 4.78 is 0.